The van der Waals surface area contributed by atoms with Gasteiger partial charge in [-0.1, -0.05) is 80.9 Å². The number of nitrogens with one attached hydrogen (secondary N) is 2. The first-order valence-corrected chi connectivity index (χ1v) is 11.8. The first kappa shape index (κ1) is 22.1. The zero-order valence-electron chi connectivity index (χ0n) is 19.0. The van der Waals surface area contributed by atoms with E-state index in [0.717, 1.165) is 32.1 Å². The van der Waals surface area contributed by atoms with Crippen molar-refractivity contribution in [1.29, 1.82) is 0 Å². The fourth-order valence-corrected chi connectivity index (χ4v) is 4.57. The van der Waals surface area contributed by atoms with Crippen molar-refractivity contribution in [2.75, 3.05) is 17.2 Å². The first-order valence-electron chi connectivity index (χ1n) is 11.8. The third-order valence-corrected chi connectivity index (χ3v) is 6.66. The predicted octanol–water partition coefficient (Wildman–Crippen LogP) is 5.18. The van der Waals surface area contributed by atoms with Crippen LogP contribution in [0.4, 0.5) is 11.4 Å². The fourth-order valence-electron chi connectivity index (χ4n) is 4.57. The molecule has 0 unspecified atom stereocenters. The molecule has 32 heavy (non-hydrogen) atoms. The zero-order chi connectivity index (χ0) is 22.5. The van der Waals surface area contributed by atoms with Gasteiger partial charge in [0.2, 0.25) is 0 Å². The lowest BCUT2D eigenvalue weighted by Gasteiger charge is -2.24. The van der Waals surface area contributed by atoms with Crippen molar-refractivity contribution >= 4 is 16.9 Å². The van der Waals surface area contributed by atoms with E-state index < -0.39 is 10.9 Å². The molecular weight excluding hydrogens is 396 g/mol. The molecule has 0 aliphatic heterocycles. The average Bonchev–Trinajstić information content (AvgIpc) is 3.24. The van der Waals surface area contributed by atoms with E-state index >= 15 is 0 Å². The summed E-state index contributed by atoms with van der Waals surface area (Å²) in [5.74, 6) is 0.400. The number of allylic oxidation sites excluding steroid dienone is 1. The van der Waals surface area contributed by atoms with Crippen LogP contribution in [0.2, 0.25) is 0 Å². The maximum absolute atomic E-state index is 12.3. The van der Waals surface area contributed by atoms with Crippen molar-refractivity contribution in [2.24, 2.45) is 5.92 Å². The maximum atomic E-state index is 12.3. The van der Waals surface area contributed by atoms with E-state index in [1.807, 2.05) is 6.07 Å². The van der Waals surface area contributed by atoms with Gasteiger partial charge in [-0.15, -0.1) is 0 Å². The molecule has 166 valence electrons. The minimum atomic E-state index is -0.401. The van der Waals surface area contributed by atoms with E-state index in [9.17, 15) is 9.59 Å². The minimum absolute atomic E-state index is 0.113. The second-order valence-corrected chi connectivity index (χ2v) is 8.80. The summed E-state index contributed by atoms with van der Waals surface area (Å²) in [6.07, 6.45) is 6.93. The molecule has 0 fully saturated rings. The standard InChI is InChI=1S/C28H32N2O2/c1-3-19(16-20-10-6-5-7-11-20)18-29-25-26(28(32)27(25)31)30-23(4-2)17-22-15-14-21-12-8-9-13-24(21)22/h5-13,15,19,23,29-30H,3-4,14,16-18H2,1-2H3/t19-,23-/m0/s1. The first-order chi connectivity index (χ1) is 15.6. The SMILES string of the molecule is CC[C@H](CNc1c(N[C@@H](CC)CC2=CCc3ccccc32)c(=O)c1=O)Cc1ccccc1. The lowest BCUT2D eigenvalue weighted by Crippen LogP contribution is -2.40. The number of hydrogen-bond donors (Lipinski definition) is 2. The molecule has 2 atom stereocenters. The Morgan fingerprint density at radius 1 is 0.844 bits per heavy atom. The van der Waals surface area contributed by atoms with Crippen molar-refractivity contribution in [3.8, 4) is 0 Å². The van der Waals surface area contributed by atoms with Crippen molar-refractivity contribution < 1.29 is 0 Å². The van der Waals surface area contributed by atoms with E-state index in [1.165, 1.54) is 22.3 Å². The van der Waals surface area contributed by atoms with Gasteiger partial charge in [0, 0.05) is 12.6 Å². The van der Waals surface area contributed by atoms with Gasteiger partial charge in [0.05, 0.1) is 0 Å². The van der Waals surface area contributed by atoms with Gasteiger partial charge in [0.25, 0.3) is 10.9 Å². The van der Waals surface area contributed by atoms with Crippen LogP contribution in [0.25, 0.3) is 5.57 Å². The molecule has 4 heteroatoms. The van der Waals surface area contributed by atoms with Crippen LogP contribution in [-0.4, -0.2) is 12.6 Å². The molecule has 1 aliphatic carbocycles. The number of fused-ring (bicyclic) bond motifs is 1. The predicted molar refractivity (Wildman–Crippen MR) is 134 cm³/mol. The molecule has 4 rings (SSSR count). The highest BCUT2D eigenvalue weighted by atomic mass is 16.2. The van der Waals surface area contributed by atoms with E-state index in [4.69, 9.17) is 0 Å². The van der Waals surface area contributed by atoms with Gasteiger partial charge >= 0.3 is 0 Å². The Bertz CT molecular complexity index is 1160. The molecule has 0 bridgehead atoms. The van der Waals surface area contributed by atoms with Crippen LogP contribution in [0, 0.1) is 5.92 Å². The Balaban J connectivity index is 1.40. The number of rotatable bonds is 11. The van der Waals surface area contributed by atoms with Gasteiger partial charge < -0.3 is 10.6 Å². The molecule has 2 N–H and O–H groups in total. The van der Waals surface area contributed by atoms with E-state index in [-0.39, 0.29) is 6.04 Å². The van der Waals surface area contributed by atoms with Crippen molar-refractivity contribution in [3.63, 3.8) is 0 Å². The molecule has 0 amide bonds. The van der Waals surface area contributed by atoms with Gasteiger partial charge in [-0.05, 0) is 53.9 Å². The molecule has 0 radical (unpaired) electrons. The topological polar surface area (TPSA) is 58.2 Å². The molecule has 0 spiro atoms. The molecule has 4 nitrogen and oxygen atoms in total. The quantitative estimate of drug-likeness (QED) is 0.413. The van der Waals surface area contributed by atoms with Crippen LogP contribution in [0.5, 0.6) is 0 Å². The Kier molecular flexibility index (Phi) is 6.89. The van der Waals surface area contributed by atoms with Crippen LogP contribution in [0.15, 0.2) is 70.3 Å². The summed E-state index contributed by atoms with van der Waals surface area (Å²) in [6.45, 7) is 4.96. The maximum Gasteiger partial charge on any atom is 0.253 e. The lowest BCUT2D eigenvalue weighted by atomic mass is 9.96. The number of benzene rings is 2. The summed E-state index contributed by atoms with van der Waals surface area (Å²) in [5, 5.41) is 6.68. The highest BCUT2D eigenvalue weighted by Gasteiger charge is 2.25. The van der Waals surface area contributed by atoms with Gasteiger partial charge in [-0.2, -0.15) is 0 Å². The van der Waals surface area contributed by atoms with Crippen LogP contribution in [0.1, 0.15) is 49.8 Å². The largest absolute Gasteiger partial charge is 0.380 e. The summed E-state index contributed by atoms with van der Waals surface area (Å²) in [4.78, 5) is 24.6. The Hall–Kier alpha value is -3.14. The summed E-state index contributed by atoms with van der Waals surface area (Å²) in [5.41, 5.74) is 5.40. The summed E-state index contributed by atoms with van der Waals surface area (Å²) < 4.78 is 0. The summed E-state index contributed by atoms with van der Waals surface area (Å²) in [6, 6.07) is 19.0. The minimum Gasteiger partial charge on any atom is -0.380 e. The van der Waals surface area contributed by atoms with E-state index in [2.05, 4.69) is 79.1 Å². The van der Waals surface area contributed by atoms with E-state index in [0.29, 0.717) is 23.8 Å². The highest BCUT2D eigenvalue weighted by Crippen LogP contribution is 2.32. The van der Waals surface area contributed by atoms with Crippen LogP contribution in [-0.2, 0) is 12.8 Å². The molecule has 0 aromatic heterocycles. The smallest absolute Gasteiger partial charge is 0.253 e. The van der Waals surface area contributed by atoms with Crippen LogP contribution < -0.4 is 21.5 Å². The molecule has 0 heterocycles. The Labute approximate surface area is 190 Å². The fraction of sp³-hybridized carbons (Fsp3) is 0.357. The third kappa shape index (κ3) is 4.69. The van der Waals surface area contributed by atoms with Gasteiger partial charge in [-0.3, -0.25) is 9.59 Å². The molecule has 3 aromatic rings. The van der Waals surface area contributed by atoms with Gasteiger partial charge in [0.1, 0.15) is 11.4 Å². The second kappa shape index (κ2) is 9.99. The summed E-state index contributed by atoms with van der Waals surface area (Å²) >= 11 is 0. The highest BCUT2D eigenvalue weighted by molar-refractivity contribution is 5.76. The molecule has 0 saturated carbocycles. The normalized spacial score (nSPS) is 14.6. The van der Waals surface area contributed by atoms with E-state index in [1.54, 1.807) is 0 Å². The Morgan fingerprint density at radius 2 is 1.56 bits per heavy atom. The lowest BCUT2D eigenvalue weighted by molar-refractivity contribution is 0.533. The van der Waals surface area contributed by atoms with Gasteiger partial charge in [0.15, 0.2) is 0 Å². The Morgan fingerprint density at radius 3 is 2.31 bits per heavy atom. The monoisotopic (exact) mass is 428 g/mol. The number of anilines is 2. The molecule has 0 saturated heterocycles. The molecular formula is C28H32N2O2. The summed E-state index contributed by atoms with van der Waals surface area (Å²) in [7, 11) is 0. The molecule has 3 aromatic carbocycles. The second-order valence-electron chi connectivity index (χ2n) is 8.80. The van der Waals surface area contributed by atoms with Crippen molar-refractivity contribution in [2.45, 2.75) is 52.0 Å². The van der Waals surface area contributed by atoms with Crippen LogP contribution >= 0.6 is 0 Å². The molecule has 1 aliphatic rings. The van der Waals surface area contributed by atoms with Crippen molar-refractivity contribution in [1.82, 2.24) is 0 Å². The van der Waals surface area contributed by atoms with Gasteiger partial charge in [-0.25, -0.2) is 0 Å². The zero-order valence-corrected chi connectivity index (χ0v) is 19.0. The third-order valence-electron chi connectivity index (χ3n) is 6.66. The number of hydrogen-bond acceptors (Lipinski definition) is 4. The van der Waals surface area contributed by atoms with Crippen molar-refractivity contribution in [3.05, 3.63) is 97.8 Å². The van der Waals surface area contributed by atoms with Crippen LogP contribution in [0.3, 0.4) is 0 Å². The average molecular weight is 429 g/mol.